The summed E-state index contributed by atoms with van der Waals surface area (Å²) < 4.78 is 0. The molecule has 1 fully saturated rings. The SMILES string of the molecule is CCC1CN(C(=O)CC(C)(C)N)CCN1C. The van der Waals surface area contributed by atoms with Gasteiger partial charge < -0.3 is 10.6 Å². The second-order valence-electron chi connectivity index (χ2n) is 5.55. The summed E-state index contributed by atoms with van der Waals surface area (Å²) in [6, 6.07) is 0.499. The zero-order valence-electron chi connectivity index (χ0n) is 11.0. The van der Waals surface area contributed by atoms with E-state index < -0.39 is 5.54 Å². The number of piperazine rings is 1. The largest absolute Gasteiger partial charge is 0.340 e. The van der Waals surface area contributed by atoms with Crippen molar-refractivity contribution in [1.82, 2.24) is 9.80 Å². The van der Waals surface area contributed by atoms with Crippen LogP contribution in [0.4, 0.5) is 0 Å². The van der Waals surface area contributed by atoms with Crippen molar-refractivity contribution in [3.8, 4) is 0 Å². The third-order valence-corrected chi connectivity index (χ3v) is 3.21. The Kier molecular flexibility index (Phi) is 4.33. The summed E-state index contributed by atoms with van der Waals surface area (Å²) in [6.45, 7) is 8.62. The van der Waals surface area contributed by atoms with Crippen molar-refractivity contribution in [2.45, 2.75) is 45.2 Å². The fourth-order valence-corrected chi connectivity index (χ4v) is 2.11. The predicted octanol–water partition coefficient (Wildman–Crippen LogP) is 0.666. The van der Waals surface area contributed by atoms with Gasteiger partial charge in [-0.25, -0.2) is 0 Å². The van der Waals surface area contributed by atoms with Crippen molar-refractivity contribution >= 4 is 5.91 Å². The molecule has 0 aliphatic carbocycles. The molecule has 1 heterocycles. The third-order valence-electron chi connectivity index (χ3n) is 3.21. The number of likely N-dealkylation sites (N-methyl/N-ethyl adjacent to an activating group) is 1. The maximum absolute atomic E-state index is 12.0. The Balaban J connectivity index is 2.52. The van der Waals surface area contributed by atoms with Gasteiger partial charge >= 0.3 is 0 Å². The molecule has 0 aromatic rings. The van der Waals surface area contributed by atoms with Crippen molar-refractivity contribution in [3.05, 3.63) is 0 Å². The molecule has 0 spiro atoms. The van der Waals surface area contributed by atoms with Crippen molar-refractivity contribution in [3.63, 3.8) is 0 Å². The van der Waals surface area contributed by atoms with E-state index in [4.69, 9.17) is 5.73 Å². The topological polar surface area (TPSA) is 49.6 Å². The highest BCUT2D eigenvalue weighted by molar-refractivity contribution is 5.77. The normalized spacial score (nSPS) is 23.6. The Morgan fingerprint density at radius 1 is 1.44 bits per heavy atom. The Morgan fingerprint density at radius 2 is 2.06 bits per heavy atom. The molecule has 0 saturated carbocycles. The molecular weight excluding hydrogens is 202 g/mol. The fourth-order valence-electron chi connectivity index (χ4n) is 2.11. The molecule has 1 rings (SSSR count). The van der Waals surface area contributed by atoms with Crippen LogP contribution in [0.3, 0.4) is 0 Å². The Labute approximate surface area is 98.8 Å². The molecule has 4 heteroatoms. The van der Waals surface area contributed by atoms with Crippen LogP contribution in [0.1, 0.15) is 33.6 Å². The van der Waals surface area contributed by atoms with Crippen LogP contribution in [0.2, 0.25) is 0 Å². The smallest absolute Gasteiger partial charge is 0.224 e. The zero-order valence-corrected chi connectivity index (χ0v) is 11.0. The van der Waals surface area contributed by atoms with E-state index in [0.717, 1.165) is 26.1 Å². The van der Waals surface area contributed by atoms with Crippen LogP contribution in [0.15, 0.2) is 0 Å². The number of amides is 1. The van der Waals surface area contributed by atoms with Gasteiger partial charge in [-0.2, -0.15) is 0 Å². The second kappa shape index (κ2) is 5.15. The van der Waals surface area contributed by atoms with Gasteiger partial charge in [0, 0.05) is 37.6 Å². The van der Waals surface area contributed by atoms with Gasteiger partial charge in [-0.1, -0.05) is 6.92 Å². The molecule has 16 heavy (non-hydrogen) atoms. The van der Waals surface area contributed by atoms with E-state index in [-0.39, 0.29) is 5.91 Å². The Bertz CT molecular complexity index is 247. The molecule has 0 aromatic heterocycles. The number of nitrogens with two attached hydrogens (primary N) is 1. The van der Waals surface area contributed by atoms with E-state index >= 15 is 0 Å². The summed E-state index contributed by atoms with van der Waals surface area (Å²) in [6.07, 6.45) is 1.53. The Hall–Kier alpha value is -0.610. The van der Waals surface area contributed by atoms with Gasteiger partial charge in [-0.05, 0) is 27.3 Å². The lowest BCUT2D eigenvalue weighted by atomic mass is 10.0. The van der Waals surface area contributed by atoms with Crippen LogP contribution in [-0.4, -0.2) is 54.0 Å². The first kappa shape index (κ1) is 13.5. The highest BCUT2D eigenvalue weighted by Crippen LogP contribution is 2.14. The van der Waals surface area contributed by atoms with Gasteiger partial charge in [0.05, 0.1) is 0 Å². The van der Waals surface area contributed by atoms with Crippen LogP contribution in [0.25, 0.3) is 0 Å². The molecular formula is C12H25N3O. The molecule has 4 nitrogen and oxygen atoms in total. The monoisotopic (exact) mass is 227 g/mol. The van der Waals surface area contributed by atoms with Gasteiger partial charge in [0.15, 0.2) is 0 Å². The third kappa shape index (κ3) is 3.76. The summed E-state index contributed by atoms with van der Waals surface area (Å²) in [4.78, 5) is 16.3. The van der Waals surface area contributed by atoms with Crippen LogP contribution in [0.5, 0.6) is 0 Å². The van der Waals surface area contributed by atoms with Gasteiger partial charge in [0.2, 0.25) is 5.91 Å². The summed E-state index contributed by atoms with van der Waals surface area (Å²) in [5.74, 6) is 0.194. The summed E-state index contributed by atoms with van der Waals surface area (Å²) in [5, 5.41) is 0. The maximum atomic E-state index is 12.0. The van der Waals surface area contributed by atoms with Crippen LogP contribution >= 0.6 is 0 Å². The minimum Gasteiger partial charge on any atom is -0.340 e. The second-order valence-corrected chi connectivity index (χ2v) is 5.55. The number of nitrogens with zero attached hydrogens (tertiary/aromatic N) is 2. The predicted molar refractivity (Wildman–Crippen MR) is 66.2 cm³/mol. The average Bonchev–Trinajstić information content (AvgIpc) is 2.15. The maximum Gasteiger partial charge on any atom is 0.224 e. The van der Waals surface area contributed by atoms with Gasteiger partial charge in [-0.15, -0.1) is 0 Å². The number of rotatable bonds is 3. The summed E-state index contributed by atoms with van der Waals surface area (Å²) >= 11 is 0. The molecule has 2 N–H and O–H groups in total. The van der Waals surface area contributed by atoms with Crippen LogP contribution < -0.4 is 5.73 Å². The molecule has 0 aromatic carbocycles. The number of hydrogen-bond donors (Lipinski definition) is 1. The lowest BCUT2D eigenvalue weighted by Crippen LogP contribution is -2.54. The molecule has 1 atom stereocenters. The van der Waals surface area contributed by atoms with Crippen LogP contribution in [-0.2, 0) is 4.79 Å². The molecule has 0 bridgehead atoms. The first-order chi connectivity index (χ1) is 7.33. The van der Waals surface area contributed by atoms with E-state index in [1.807, 2.05) is 18.7 Å². The minimum atomic E-state index is -0.401. The van der Waals surface area contributed by atoms with Crippen molar-refractivity contribution in [2.24, 2.45) is 5.73 Å². The van der Waals surface area contributed by atoms with Crippen molar-refractivity contribution < 1.29 is 4.79 Å². The average molecular weight is 227 g/mol. The quantitative estimate of drug-likeness (QED) is 0.771. The molecule has 1 aliphatic rings. The van der Waals surface area contributed by atoms with Gasteiger partial charge in [-0.3, -0.25) is 9.69 Å². The highest BCUT2D eigenvalue weighted by atomic mass is 16.2. The van der Waals surface area contributed by atoms with E-state index in [9.17, 15) is 4.79 Å². The first-order valence-electron chi connectivity index (χ1n) is 6.10. The molecule has 0 radical (unpaired) electrons. The minimum absolute atomic E-state index is 0.194. The lowest BCUT2D eigenvalue weighted by molar-refractivity contribution is -0.135. The standard InChI is InChI=1S/C12H25N3O/c1-5-10-9-15(7-6-14(10)4)11(16)8-12(2,3)13/h10H,5-9,13H2,1-4H3. The lowest BCUT2D eigenvalue weighted by Gasteiger charge is -2.39. The number of carbonyl (C=O) groups excluding carboxylic acids is 1. The summed E-state index contributed by atoms with van der Waals surface area (Å²) in [7, 11) is 2.13. The molecule has 1 aliphatic heterocycles. The van der Waals surface area contributed by atoms with E-state index in [0.29, 0.717) is 12.5 Å². The number of hydrogen-bond acceptors (Lipinski definition) is 3. The fraction of sp³-hybridized carbons (Fsp3) is 0.917. The highest BCUT2D eigenvalue weighted by Gasteiger charge is 2.28. The van der Waals surface area contributed by atoms with E-state index in [1.165, 1.54) is 0 Å². The molecule has 94 valence electrons. The molecule has 1 amide bonds. The molecule has 1 unspecified atom stereocenters. The van der Waals surface area contributed by atoms with Crippen molar-refractivity contribution in [1.29, 1.82) is 0 Å². The first-order valence-corrected chi connectivity index (χ1v) is 6.10. The van der Waals surface area contributed by atoms with Crippen LogP contribution in [0, 0.1) is 0 Å². The van der Waals surface area contributed by atoms with E-state index in [1.54, 1.807) is 0 Å². The zero-order chi connectivity index (χ0) is 12.3. The summed E-state index contributed by atoms with van der Waals surface area (Å²) in [5.41, 5.74) is 5.48. The van der Waals surface area contributed by atoms with Gasteiger partial charge in [0.1, 0.15) is 0 Å². The number of carbonyl (C=O) groups is 1. The van der Waals surface area contributed by atoms with Crippen molar-refractivity contribution in [2.75, 3.05) is 26.7 Å². The Morgan fingerprint density at radius 3 is 2.56 bits per heavy atom. The van der Waals surface area contributed by atoms with E-state index in [2.05, 4.69) is 18.9 Å². The molecule has 1 saturated heterocycles. The van der Waals surface area contributed by atoms with Gasteiger partial charge in [0.25, 0.3) is 0 Å².